The molecular weight excluding hydrogens is 344 g/mol. The minimum absolute atomic E-state index is 0.00625. The van der Waals surface area contributed by atoms with Gasteiger partial charge in [0.2, 0.25) is 0 Å². The highest BCUT2D eigenvalue weighted by atomic mass is 79.9. The van der Waals surface area contributed by atoms with Crippen LogP contribution < -0.4 is 4.74 Å². The molecule has 0 saturated heterocycles. The number of aryl methyl sites for hydroxylation is 2. The van der Waals surface area contributed by atoms with Gasteiger partial charge < -0.3 is 9.84 Å². The van der Waals surface area contributed by atoms with E-state index in [1.54, 1.807) is 4.68 Å². The van der Waals surface area contributed by atoms with Crippen LogP contribution in [0.1, 0.15) is 23.9 Å². The Morgan fingerprint density at radius 2 is 2.20 bits per heavy atom. The summed E-state index contributed by atoms with van der Waals surface area (Å²) < 4.78 is 8.32. The van der Waals surface area contributed by atoms with Crippen molar-refractivity contribution >= 4 is 27.5 Å². The standard InChI is InChI=1S/C14H16BrClN2O2/c1-3-11-14(16)12(18(2)17-11)8-20-13-5-4-9(7-19)6-10(13)15/h4-6,19H,3,7-8H2,1-2H3. The second-order valence-corrected chi connectivity index (χ2v) is 5.63. The summed E-state index contributed by atoms with van der Waals surface area (Å²) in [7, 11) is 1.85. The Morgan fingerprint density at radius 1 is 1.45 bits per heavy atom. The third-order valence-corrected chi connectivity index (χ3v) is 4.10. The molecule has 0 radical (unpaired) electrons. The number of ether oxygens (including phenoxy) is 1. The van der Waals surface area contributed by atoms with Crippen LogP contribution in [-0.4, -0.2) is 14.9 Å². The second kappa shape index (κ2) is 6.61. The summed E-state index contributed by atoms with van der Waals surface area (Å²) in [4.78, 5) is 0. The second-order valence-electron chi connectivity index (χ2n) is 4.40. The van der Waals surface area contributed by atoms with E-state index in [9.17, 15) is 0 Å². The Labute approximate surface area is 131 Å². The number of halogens is 2. The van der Waals surface area contributed by atoms with Crippen molar-refractivity contribution in [2.45, 2.75) is 26.6 Å². The molecule has 0 atom stereocenters. The van der Waals surface area contributed by atoms with Crippen molar-refractivity contribution in [3.63, 3.8) is 0 Å². The van der Waals surface area contributed by atoms with E-state index in [0.717, 1.165) is 27.8 Å². The summed E-state index contributed by atoms with van der Waals surface area (Å²) in [5.41, 5.74) is 2.56. The van der Waals surface area contributed by atoms with E-state index in [4.69, 9.17) is 21.4 Å². The smallest absolute Gasteiger partial charge is 0.134 e. The van der Waals surface area contributed by atoms with Crippen LogP contribution in [0.4, 0.5) is 0 Å². The highest BCUT2D eigenvalue weighted by Crippen LogP contribution is 2.28. The summed E-state index contributed by atoms with van der Waals surface area (Å²) in [5.74, 6) is 0.706. The zero-order chi connectivity index (χ0) is 14.7. The molecule has 0 bridgehead atoms. The van der Waals surface area contributed by atoms with E-state index in [1.165, 1.54) is 0 Å². The van der Waals surface area contributed by atoms with Gasteiger partial charge in [-0.2, -0.15) is 5.10 Å². The van der Waals surface area contributed by atoms with Crippen molar-refractivity contribution in [3.8, 4) is 5.75 Å². The molecule has 0 saturated carbocycles. The van der Waals surface area contributed by atoms with Gasteiger partial charge in [-0.05, 0) is 40.0 Å². The fourth-order valence-electron chi connectivity index (χ4n) is 1.88. The molecule has 1 aromatic carbocycles. The van der Waals surface area contributed by atoms with Gasteiger partial charge in [0.05, 0.1) is 27.5 Å². The van der Waals surface area contributed by atoms with Gasteiger partial charge in [0, 0.05) is 7.05 Å². The van der Waals surface area contributed by atoms with Crippen molar-refractivity contribution in [3.05, 3.63) is 44.6 Å². The molecular formula is C14H16BrClN2O2. The largest absolute Gasteiger partial charge is 0.486 e. The molecule has 0 aliphatic carbocycles. The first-order valence-electron chi connectivity index (χ1n) is 6.29. The minimum Gasteiger partial charge on any atom is -0.486 e. The molecule has 0 spiro atoms. The molecule has 108 valence electrons. The molecule has 4 nitrogen and oxygen atoms in total. The first-order chi connectivity index (χ1) is 9.56. The molecule has 2 aromatic rings. The third-order valence-electron chi connectivity index (χ3n) is 3.05. The monoisotopic (exact) mass is 358 g/mol. The van der Waals surface area contributed by atoms with Crippen LogP contribution >= 0.6 is 27.5 Å². The highest BCUT2D eigenvalue weighted by molar-refractivity contribution is 9.10. The van der Waals surface area contributed by atoms with Crippen molar-refractivity contribution in [2.24, 2.45) is 7.05 Å². The number of aliphatic hydroxyl groups excluding tert-OH is 1. The quantitative estimate of drug-likeness (QED) is 0.889. The van der Waals surface area contributed by atoms with Crippen LogP contribution in [0.15, 0.2) is 22.7 Å². The normalized spacial score (nSPS) is 10.8. The maximum atomic E-state index is 9.07. The zero-order valence-electron chi connectivity index (χ0n) is 11.4. The number of aliphatic hydroxyl groups is 1. The molecule has 2 rings (SSSR count). The number of rotatable bonds is 5. The molecule has 20 heavy (non-hydrogen) atoms. The topological polar surface area (TPSA) is 47.3 Å². The minimum atomic E-state index is 0.00625. The molecule has 1 aromatic heterocycles. The summed E-state index contributed by atoms with van der Waals surface area (Å²) in [5, 5.41) is 14.1. The number of nitrogens with zero attached hydrogens (tertiary/aromatic N) is 2. The van der Waals surface area contributed by atoms with Gasteiger partial charge >= 0.3 is 0 Å². The maximum Gasteiger partial charge on any atom is 0.134 e. The SMILES string of the molecule is CCc1nn(C)c(COc2ccc(CO)cc2Br)c1Cl. The fourth-order valence-corrected chi connectivity index (χ4v) is 2.77. The lowest BCUT2D eigenvalue weighted by atomic mass is 10.2. The fraction of sp³-hybridized carbons (Fsp3) is 0.357. The summed E-state index contributed by atoms with van der Waals surface area (Å²) >= 11 is 9.70. The van der Waals surface area contributed by atoms with E-state index < -0.39 is 0 Å². The van der Waals surface area contributed by atoms with Crippen LogP contribution in [0.2, 0.25) is 5.02 Å². The molecule has 1 N–H and O–H groups in total. The van der Waals surface area contributed by atoms with Crippen molar-refractivity contribution in [1.29, 1.82) is 0 Å². The number of benzene rings is 1. The predicted molar refractivity (Wildman–Crippen MR) is 82.0 cm³/mol. The van der Waals surface area contributed by atoms with E-state index in [1.807, 2.05) is 32.2 Å². The predicted octanol–water partition coefficient (Wildman–Crippen LogP) is 3.47. The van der Waals surface area contributed by atoms with Crippen molar-refractivity contribution < 1.29 is 9.84 Å². The van der Waals surface area contributed by atoms with E-state index in [-0.39, 0.29) is 6.61 Å². The average molecular weight is 360 g/mol. The Balaban J connectivity index is 2.15. The van der Waals surface area contributed by atoms with Gasteiger partial charge in [-0.1, -0.05) is 24.6 Å². The van der Waals surface area contributed by atoms with Crippen molar-refractivity contribution in [1.82, 2.24) is 9.78 Å². The molecule has 6 heteroatoms. The Kier molecular flexibility index (Phi) is 5.07. The Hall–Kier alpha value is -1.04. The summed E-state index contributed by atoms with van der Waals surface area (Å²) in [6.45, 7) is 2.37. The molecule has 0 amide bonds. The number of hydrogen-bond acceptors (Lipinski definition) is 3. The highest BCUT2D eigenvalue weighted by Gasteiger charge is 2.14. The molecule has 1 heterocycles. The van der Waals surface area contributed by atoms with E-state index in [0.29, 0.717) is 17.4 Å². The maximum absolute atomic E-state index is 9.07. The van der Waals surface area contributed by atoms with Gasteiger partial charge in [0.1, 0.15) is 12.4 Å². The average Bonchev–Trinajstić information content (AvgIpc) is 2.72. The summed E-state index contributed by atoms with van der Waals surface area (Å²) in [6.07, 6.45) is 0.793. The lowest BCUT2D eigenvalue weighted by Gasteiger charge is -2.09. The first kappa shape index (κ1) is 15.4. The van der Waals surface area contributed by atoms with E-state index in [2.05, 4.69) is 21.0 Å². The lowest BCUT2D eigenvalue weighted by molar-refractivity contribution is 0.279. The number of aromatic nitrogens is 2. The molecule has 0 aliphatic rings. The molecule has 0 fully saturated rings. The number of hydrogen-bond donors (Lipinski definition) is 1. The lowest BCUT2D eigenvalue weighted by Crippen LogP contribution is -2.04. The zero-order valence-corrected chi connectivity index (χ0v) is 13.7. The first-order valence-corrected chi connectivity index (χ1v) is 7.46. The van der Waals surface area contributed by atoms with Gasteiger partial charge in [0.15, 0.2) is 0 Å². The van der Waals surface area contributed by atoms with Gasteiger partial charge in [-0.15, -0.1) is 0 Å². The third kappa shape index (κ3) is 3.16. The molecule has 0 unspecified atom stereocenters. The van der Waals surface area contributed by atoms with Crippen LogP contribution in [0.5, 0.6) is 5.75 Å². The van der Waals surface area contributed by atoms with Gasteiger partial charge in [-0.3, -0.25) is 4.68 Å². The van der Waals surface area contributed by atoms with Crippen LogP contribution in [0.25, 0.3) is 0 Å². The van der Waals surface area contributed by atoms with Gasteiger partial charge in [0.25, 0.3) is 0 Å². The van der Waals surface area contributed by atoms with Gasteiger partial charge in [-0.25, -0.2) is 0 Å². The van der Waals surface area contributed by atoms with Crippen molar-refractivity contribution in [2.75, 3.05) is 0 Å². The van der Waals surface area contributed by atoms with Crippen LogP contribution in [-0.2, 0) is 26.7 Å². The Morgan fingerprint density at radius 3 is 2.75 bits per heavy atom. The van der Waals surface area contributed by atoms with Crippen LogP contribution in [0, 0.1) is 0 Å². The summed E-state index contributed by atoms with van der Waals surface area (Å²) in [6, 6.07) is 5.47. The molecule has 0 aliphatic heterocycles. The van der Waals surface area contributed by atoms with Crippen LogP contribution in [0.3, 0.4) is 0 Å². The van der Waals surface area contributed by atoms with E-state index >= 15 is 0 Å². The Bertz CT molecular complexity index is 613.